The summed E-state index contributed by atoms with van der Waals surface area (Å²) in [6.07, 6.45) is -1.60. The van der Waals surface area contributed by atoms with Crippen molar-refractivity contribution in [1.29, 1.82) is 0 Å². The standard InChI is InChI=1S/C13H11F3N2O2/c14-13(15,16)10-6-9(7-19)2-3-11(10)20-8-12-17-4-1-5-18-12/h1-6,19H,7-8H2. The molecule has 0 saturated heterocycles. The van der Waals surface area contributed by atoms with Gasteiger partial charge in [0, 0.05) is 12.4 Å². The van der Waals surface area contributed by atoms with Crippen LogP contribution in [0.2, 0.25) is 0 Å². The summed E-state index contributed by atoms with van der Waals surface area (Å²) >= 11 is 0. The fourth-order valence-electron chi connectivity index (χ4n) is 1.57. The van der Waals surface area contributed by atoms with Crippen LogP contribution < -0.4 is 4.74 Å². The van der Waals surface area contributed by atoms with Gasteiger partial charge in [0.25, 0.3) is 0 Å². The zero-order valence-corrected chi connectivity index (χ0v) is 10.3. The maximum absolute atomic E-state index is 12.9. The summed E-state index contributed by atoms with van der Waals surface area (Å²) < 4.78 is 43.8. The Balaban J connectivity index is 2.23. The Morgan fingerprint density at radius 1 is 1.15 bits per heavy atom. The smallest absolute Gasteiger partial charge is 0.419 e. The third-order valence-electron chi connectivity index (χ3n) is 2.51. The fourth-order valence-corrected chi connectivity index (χ4v) is 1.57. The summed E-state index contributed by atoms with van der Waals surface area (Å²) in [7, 11) is 0. The molecule has 4 nitrogen and oxygen atoms in total. The molecule has 0 saturated carbocycles. The van der Waals surface area contributed by atoms with Gasteiger partial charge >= 0.3 is 6.18 Å². The Morgan fingerprint density at radius 3 is 2.45 bits per heavy atom. The van der Waals surface area contributed by atoms with Crippen LogP contribution in [-0.4, -0.2) is 15.1 Å². The summed E-state index contributed by atoms with van der Waals surface area (Å²) in [5.74, 6) is -0.0333. The van der Waals surface area contributed by atoms with Crippen molar-refractivity contribution in [3.63, 3.8) is 0 Å². The summed E-state index contributed by atoms with van der Waals surface area (Å²) in [5, 5.41) is 8.90. The van der Waals surface area contributed by atoms with E-state index in [1.807, 2.05) is 0 Å². The second-order valence-corrected chi connectivity index (χ2v) is 3.94. The number of ether oxygens (including phenoxy) is 1. The van der Waals surface area contributed by atoms with E-state index in [-0.39, 0.29) is 23.7 Å². The average molecular weight is 284 g/mol. The lowest BCUT2D eigenvalue weighted by Gasteiger charge is -2.14. The molecule has 7 heteroatoms. The second-order valence-electron chi connectivity index (χ2n) is 3.94. The van der Waals surface area contributed by atoms with Crippen LogP contribution in [0.25, 0.3) is 0 Å². The molecule has 0 fully saturated rings. The van der Waals surface area contributed by atoms with Crippen LogP contribution in [0.4, 0.5) is 13.2 Å². The maximum atomic E-state index is 12.9. The Bertz CT molecular complexity index is 574. The molecular weight excluding hydrogens is 273 g/mol. The van der Waals surface area contributed by atoms with Crippen molar-refractivity contribution in [2.75, 3.05) is 0 Å². The molecule has 20 heavy (non-hydrogen) atoms. The molecule has 0 atom stereocenters. The number of hydrogen-bond acceptors (Lipinski definition) is 4. The van der Waals surface area contributed by atoms with Gasteiger partial charge in [-0.05, 0) is 23.8 Å². The zero-order chi connectivity index (χ0) is 14.6. The molecule has 106 valence electrons. The van der Waals surface area contributed by atoms with E-state index in [0.717, 1.165) is 6.07 Å². The quantitative estimate of drug-likeness (QED) is 0.937. The highest BCUT2D eigenvalue weighted by Gasteiger charge is 2.34. The molecule has 1 heterocycles. The van der Waals surface area contributed by atoms with E-state index in [4.69, 9.17) is 9.84 Å². The number of nitrogens with zero attached hydrogens (tertiary/aromatic N) is 2. The Labute approximate surface area is 112 Å². The summed E-state index contributed by atoms with van der Waals surface area (Å²) in [4.78, 5) is 7.72. The van der Waals surface area contributed by atoms with E-state index in [1.54, 1.807) is 6.07 Å². The van der Waals surface area contributed by atoms with Crippen molar-refractivity contribution in [3.05, 3.63) is 53.6 Å². The number of benzene rings is 1. The van der Waals surface area contributed by atoms with Gasteiger partial charge in [0.05, 0.1) is 12.2 Å². The van der Waals surface area contributed by atoms with Gasteiger partial charge in [0.15, 0.2) is 5.82 Å². The van der Waals surface area contributed by atoms with Crippen LogP contribution in [0.5, 0.6) is 5.75 Å². The first-order chi connectivity index (χ1) is 9.50. The number of halogens is 3. The second kappa shape index (κ2) is 5.87. The summed E-state index contributed by atoms with van der Waals surface area (Å²) in [6.45, 7) is -0.631. The minimum absolute atomic E-state index is 0.164. The molecule has 0 radical (unpaired) electrons. The number of aromatic nitrogens is 2. The lowest BCUT2D eigenvalue weighted by molar-refractivity contribution is -0.139. The molecule has 1 N–H and O–H groups in total. The average Bonchev–Trinajstić information content (AvgIpc) is 2.45. The monoisotopic (exact) mass is 284 g/mol. The highest BCUT2D eigenvalue weighted by Crippen LogP contribution is 2.37. The molecule has 0 aliphatic heterocycles. The van der Waals surface area contributed by atoms with Crippen LogP contribution in [0.15, 0.2) is 36.7 Å². The van der Waals surface area contributed by atoms with Gasteiger partial charge in [-0.2, -0.15) is 13.2 Å². The van der Waals surface area contributed by atoms with Crippen LogP contribution >= 0.6 is 0 Å². The lowest BCUT2D eigenvalue weighted by Crippen LogP contribution is -2.10. The van der Waals surface area contributed by atoms with Gasteiger partial charge < -0.3 is 9.84 Å². The first-order valence-corrected chi connectivity index (χ1v) is 5.70. The summed E-state index contributed by atoms with van der Waals surface area (Å²) in [6, 6.07) is 5.01. The number of hydrogen-bond donors (Lipinski definition) is 1. The Hall–Kier alpha value is -2.15. The predicted molar refractivity (Wildman–Crippen MR) is 63.7 cm³/mol. The molecule has 2 aromatic rings. The molecule has 0 spiro atoms. The molecule has 0 unspecified atom stereocenters. The van der Waals surface area contributed by atoms with E-state index in [9.17, 15) is 13.2 Å². The van der Waals surface area contributed by atoms with E-state index < -0.39 is 18.3 Å². The van der Waals surface area contributed by atoms with Crippen molar-refractivity contribution in [2.24, 2.45) is 0 Å². The molecule has 0 bridgehead atoms. The van der Waals surface area contributed by atoms with Crippen molar-refractivity contribution < 1.29 is 23.0 Å². The SMILES string of the molecule is OCc1ccc(OCc2ncccn2)c(C(F)(F)F)c1. The molecule has 0 aliphatic carbocycles. The third kappa shape index (κ3) is 3.45. The predicted octanol–water partition coefficient (Wildman–Crippen LogP) is 2.57. The topological polar surface area (TPSA) is 55.2 Å². The van der Waals surface area contributed by atoms with E-state index in [0.29, 0.717) is 0 Å². The largest absolute Gasteiger partial charge is 0.485 e. The lowest BCUT2D eigenvalue weighted by atomic mass is 10.1. The number of alkyl halides is 3. The van der Waals surface area contributed by atoms with Gasteiger partial charge in [0.1, 0.15) is 12.4 Å². The summed E-state index contributed by atoms with van der Waals surface area (Å²) in [5.41, 5.74) is -0.763. The van der Waals surface area contributed by atoms with Crippen LogP contribution in [0.3, 0.4) is 0 Å². The van der Waals surface area contributed by atoms with Crippen LogP contribution in [0, 0.1) is 0 Å². The minimum atomic E-state index is -4.56. The zero-order valence-electron chi connectivity index (χ0n) is 10.3. The first-order valence-electron chi connectivity index (χ1n) is 5.70. The van der Waals surface area contributed by atoms with Gasteiger partial charge in [-0.3, -0.25) is 0 Å². The molecule has 0 aliphatic rings. The first kappa shape index (κ1) is 14.3. The van der Waals surface area contributed by atoms with Crippen molar-refractivity contribution in [2.45, 2.75) is 19.4 Å². The van der Waals surface area contributed by atoms with Gasteiger partial charge in [-0.1, -0.05) is 6.07 Å². The van der Waals surface area contributed by atoms with Gasteiger partial charge in [-0.15, -0.1) is 0 Å². The fraction of sp³-hybridized carbons (Fsp3) is 0.231. The Morgan fingerprint density at radius 2 is 1.85 bits per heavy atom. The molecule has 2 rings (SSSR count). The Kier molecular flexibility index (Phi) is 4.19. The van der Waals surface area contributed by atoms with E-state index >= 15 is 0 Å². The number of aliphatic hydroxyl groups is 1. The van der Waals surface area contributed by atoms with E-state index in [1.165, 1.54) is 24.5 Å². The van der Waals surface area contributed by atoms with Crippen molar-refractivity contribution in [3.8, 4) is 5.75 Å². The van der Waals surface area contributed by atoms with Gasteiger partial charge in [-0.25, -0.2) is 9.97 Å². The highest BCUT2D eigenvalue weighted by atomic mass is 19.4. The number of rotatable bonds is 4. The van der Waals surface area contributed by atoms with Crippen molar-refractivity contribution in [1.82, 2.24) is 9.97 Å². The van der Waals surface area contributed by atoms with Crippen LogP contribution in [0.1, 0.15) is 17.0 Å². The van der Waals surface area contributed by atoms with E-state index in [2.05, 4.69) is 9.97 Å². The molecular formula is C13H11F3N2O2. The normalized spacial score (nSPS) is 11.4. The van der Waals surface area contributed by atoms with Crippen molar-refractivity contribution >= 4 is 0 Å². The van der Waals surface area contributed by atoms with Gasteiger partial charge in [0.2, 0.25) is 0 Å². The highest BCUT2D eigenvalue weighted by molar-refractivity contribution is 5.39. The molecule has 1 aromatic carbocycles. The minimum Gasteiger partial charge on any atom is -0.485 e. The third-order valence-corrected chi connectivity index (χ3v) is 2.51. The molecule has 1 aromatic heterocycles. The molecule has 0 amide bonds. The number of aliphatic hydroxyl groups excluding tert-OH is 1. The van der Waals surface area contributed by atoms with Crippen LogP contribution in [-0.2, 0) is 19.4 Å². The maximum Gasteiger partial charge on any atom is 0.419 e.